The smallest absolute Gasteiger partial charge is 0.241 e. The summed E-state index contributed by atoms with van der Waals surface area (Å²) in [5.74, 6) is -0.706. The Bertz CT molecular complexity index is 1330. The highest BCUT2D eigenvalue weighted by Crippen LogP contribution is 2.33. The molecule has 4 rings (SSSR count). The highest BCUT2D eigenvalue weighted by molar-refractivity contribution is 6.06. The van der Waals surface area contributed by atoms with E-state index in [1.165, 1.54) is 13.3 Å². The van der Waals surface area contributed by atoms with E-state index in [1.54, 1.807) is 13.2 Å². The van der Waals surface area contributed by atoms with Gasteiger partial charge in [0.1, 0.15) is 11.4 Å². The number of hydrogen-bond donors (Lipinski definition) is 5. The van der Waals surface area contributed by atoms with Gasteiger partial charge in [-0.3, -0.25) is 15.1 Å². The minimum atomic E-state index is -0.604. The molecule has 38 heavy (non-hydrogen) atoms. The Labute approximate surface area is 221 Å². The van der Waals surface area contributed by atoms with Crippen molar-refractivity contribution in [2.75, 3.05) is 58.0 Å². The molecule has 11 nitrogen and oxygen atoms in total. The first-order valence-electron chi connectivity index (χ1n) is 12.5. The van der Waals surface area contributed by atoms with Crippen LogP contribution in [0.5, 0.6) is 0 Å². The number of fused-ring (bicyclic) bond motifs is 1. The number of anilines is 2. The molecule has 0 aliphatic carbocycles. The second-order valence-electron chi connectivity index (χ2n) is 9.08. The topological polar surface area (TPSA) is 134 Å². The number of aromatic amines is 1. The van der Waals surface area contributed by atoms with E-state index >= 15 is 0 Å². The average molecular weight is 524 g/mol. The van der Waals surface area contributed by atoms with Crippen molar-refractivity contribution in [1.82, 2.24) is 30.1 Å². The van der Waals surface area contributed by atoms with Gasteiger partial charge < -0.3 is 30.6 Å². The number of H-pyrrole nitrogens is 1. The Morgan fingerprint density at radius 3 is 2.74 bits per heavy atom. The first kappa shape index (κ1) is 27.0. The molecule has 0 saturated carbocycles. The Morgan fingerprint density at radius 1 is 1.29 bits per heavy atom. The third-order valence-electron chi connectivity index (χ3n) is 6.62. The molecule has 5 N–H and O–H groups in total. The number of halogens is 1. The molecule has 3 heterocycles. The number of carbonyl (C=O) groups is 1. The first-order chi connectivity index (χ1) is 18.4. The van der Waals surface area contributed by atoms with Gasteiger partial charge in [0.25, 0.3) is 0 Å². The van der Waals surface area contributed by atoms with Crippen molar-refractivity contribution < 1.29 is 13.9 Å². The van der Waals surface area contributed by atoms with E-state index in [0.717, 1.165) is 32.4 Å². The largest absolute Gasteiger partial charge is 0.480 e. The molecule has 0 radical (unpaired) electrons. The summed E-state index contributed by atoms with van der Waals surface area (Å²) < 4.78 is 19.9. The summed E-state index contributed by atoms with van der Waals surface area (Å²) in [6.07, 6.45) is 4.96. The third kappa shape index (κ3) is 5.76. The van der Waals surface area contributed by atoms with Crippen LogP contribution in [0.2, 0.25) is 0 Å². The monoisotopic (exact) mass is 523 g/mol. The summed E-state index contributed by atoms with van der Waals surface area (Å²) in [4.78, 5) is 29.3. The molecule has 1 amide bonds. The number of benzene rings is 1. The first-order valence-corrected chi connectivity index (χ1v) is 12.5. The molecule has 0 unspecified atom stereocenters. The van der Waals surface area contributed by atoms with Gasteiger partial charge in [-0.1, -0.05) is 19.1 Å². The fraction of sp³-hybridized carbons (Fsp3) is 0.385. The molecular formula is C26H34FN9O2. The van der Waals surface area contributed by atoms with E-state index in [9.17, 15) is 9.18 Å². The predicted molar refractivity (Wildman–Crippen MR) is 147 cm³/mol. The number of nitrogens with zero attached hydrogens (tertiary/aromatic N) is 4. The van der Waals surface area contributed by atoms with Gasteiger partial charge in [0.2, 0.25) is 17.8 Å². The van der Waals surface area contributed by atoms with Crippen LogP contribution in [-0.4, -0.2) is 90.0 Å². The second-order valence-corrected chi connectivity index (χ2v) is 9.08. The molecule has 1 atom stereocenters. The molecule has 1 aliphatic rings. The van der Waals surface area contributed by atoms with E-state index in [1.807, 2.05) is 25.1 Å². The zero-order valence-corrected chi connectivity index (χ0v) is 22.1. The molecule has 12 heteroatoms. The Kier molecular flexibility index (Phi) is 8.54. The molecule has 3 aromatic rings. The number of carbonyl (C=O) groups excluding carboxylic acids is 1. The van der Waals surface area contributed by atoms with E-state index < -0.39 is 5.82 Å². The average Bonchev–Trinajstić information content (AvgIpc) is 3.35. The maximum Gasteiger partial charge on any atom is 0.241 e. The summed E-state index contributed by atoms with van der Waals surface area (Å²) >= 11 is 0. The number of aromatic nitrogens is 3. The summed E-state index contributed by atoms with van der Waals surface area (Å²) in [7, 11) is 5.14. The van der Waals surface area contributed by atoms with Crippen molar-refractivity contribution in [1.29, 1.82) is 5.41 Å². The quantitative estimate of drug-likeness (QED) is 0.214. The number of likely N-dealkylation sites (N-methyl/N-ethyl adjacent to an activating group) is 1. The van der Waals surface area contributed by atoms with Crippen LogP contribution in [0.25, 0.3) is 22.2 Å². The second kappa shape index (κ2) is 12.0. The zero-order chi connectivity index (χ0) is 27.2. The summed E-state index contributed by atoms with van der Waals surface area (Å²) in [5.41, 5.74) is 2.17. The standard InChI is InChI=1S/C26H34FN9O2/c1-5-21(36-11-9-35(3)10-12-36)25(37)32-19-8-6-7-16-17(13-30-23(16)19)22-18(27)14-31-26(34-22)33-20(15-29-2)24(28)38-4/h6-8,13-15,21,28-30H,5,9-12H2,1-4H3,(H,32,37)(H,31,33,34)/b20-15+,28-24?/t21-/m1/s1. The highest BCUT2D eigenvalue weighted by Gasteiger charge is 2.27. The van der Waals surface area contributed by atoms with Gasteiger partial charge in [0.05, 0.1) is 30.6 Å². The predicted octanol–water partition coefficient (Wildman–Crippen LogP) is 2.82. The van der Waals surface area contributed by atoms with Crippen molar-refractivity contribution in [2.24, 2.45) is 0 Å². The van der Waals surface area contributed by atoms with Crippen LogP contribution < -0.4 is 16.0 Å². The third-order valence-corrected chi connectivity index (χ3v) is 6.62. The van der Waals surface area contributed by atoms with Gasteiger partial charge in [-0.25, -0.2) is 14.4 Å². The molecule has 0 bridgehead atoms. The van der Waals surface area contributed by atoms with E-state index in [0.29, 0.717) is 28.6 Å². The molecule has 0 spiro atoms. The minimum absolute atomic E-state index is 0.0650. The molecule has 202 valence electrons. The fourth-order valence-corrected chi connectivity index (χ4v) is 4.56. The van der Waals surface area contributed by atoms with Crippen LogP contribution in [0.15, 0.2) is 42.5 Å². The number of hydrogen-bond acceptors (Lipinski definition) is 9. The van der Waals surface area contributed by atoms with E-state index in [-0.39, 0.29) is 35.2 Å². The van der Waals surface area contributed by atoms with Crippen molar-refractivity contribution in [3.8, 4) is 11.3 Å². The summed E-state index contributed by atoms with van der Waals surface area (Å²) in [5, 5.41) is 17.4. The number of piperazine rings is 1. The lowest BCUT2D eigenvalue weighted by Crippen LogP contribution is -2.52. The number of ether oxygens (including phenoxy) is 1. The Balaban J connectivity index is 1.61. The number of methoxy groups -OCH3 is 1. The lowest BCUT2D eigenvalue weighted by Gasteiger charge is -2.36. The van der Waals surface area contributed by atoms with Gasteiger partial charge in [0.15, 0.2) is 5.82 Å². The molecule has 2 aromatic heterocycles. The van der Waals surface area contributed by atoms with Crippen LogP contribution >= 0.6 is 0 Å². The summed E-state index contributed by atoms with van der Waals surface area (Å²) in [6.45, 7) is 5.57. The van der Waals surface area contributed by atoms with E-state index in [4.69, 9.17) is 10.1 Å². The Hall–Kier alpha value is -4.03. The molecular weight excluding hydrogens is 489 g/mol. The van der Waals surface area contributed by atoms with Crippen LogP contribution in [-0.2, 0) is 9.53 Å². The zero-order valence-electron chi connectivity index (χ0n) is 22.1. The fourth-order valence-electron chi connectivity index (χ4n) is 4.56. The number of nitrogens with one attached hydrogen (secondary N) is 5. The van der Waals surface area contributed by atoms with Crippen LogP contribution in [0.1, 0.15) is 13.3 Å². The maximum atomic E-state index is 14.9. The highest BCUT2D eigenvalue weighted by atomic mass is 19.1. The van der Waals surface area contributed by atoms with Gasteiger partial charge in [0, 0.05) is 56.6 Å². The van der Waals surface area contributed by atoms with Crippen LogP contribution in [0.3, 0.4) is 0 Å². The van der Waals surface area contributed by atoms with Gasteiger partial charge >= 0.3 is 0 Å². The molecule has 1 aromatic carbocycles. The van der Waals surface area contributed by atoms with E-state index in [2.05, 4.69) is 47.7 Å². The minimum Gasteiger partial charge on any atom is -0.480 e. The SMILES string of the molecule is CC[C@H](C(=O)Nc1cccc2c(-c3nc(N/C(=C/NC)C(=N)OC)ncc3F)c[nH]c12)N1CCN(C)CC1. The van der Waals surface area contributed by atoms with Gasteiger partial charge in [-0.05, 0) is 19.5 Å². The van der Waals surface area contributed by atoms with Gasteiger partial charge in [-0.2, -0.15) is 0 Å². The molecule has 1 fully saturated rings. The molecule has 1 saturated heterocycles. The van der Waals surface area contributed by atoms with Crippen LogP contribution in [0.4, 0.5) is 16.0 Å². The number of amides is 1. The number of para-hydroxylation sites is 1. The van der Waals surface area contributed by atoms with Crippen molar-refractivity contribution in [2.45, 2.75) is 19.4 Å². The lowest BCUT2D eigenvalue weighted by atomic mass is 10.1. The van der Waals surface area contributed by atoms with Crippen molar-refractivity contribution >= 4 is 34.3 Å². The Morgan fingerprint density at radius 2 is 2.05 bits per heavy atom. The molecule has 1 aliphatic heterocycles. The normalized spacial score (nSPS) is 15.8. The van der Waals surface area contributed by atoms with Gasteiger partial charge in [-0.15, -0.1) is 0 Å². The maximum absolute atomic E-state index is 14.9. The van der Waals surface area contributed by atoms with Crippen molar-refractivity contribution in [3.05, 3.63) is 48.3 Å². The summed E-state index contributed by atoms with van der Waals surface area (Å²) in [6, 6.07) is 5.26. The van der Waals surface area contributed by atoms with Crippen molar-refractivity contribution in [3.63, 3.8) is 0 Å². The lowest BCUT2D eigenvalue weighted by molar-refractivity contribution is -0.122. The number of rotatable bonds is 9. The van der Waals surface area contributed by atoms with Crippen LogP contribution in [0, 0.1) is 11.2 Å².